The molecule has 4 heterocycles. The molecule has 3 atom stereocenters. The maximum Gasteiger partial charge on any atom is 0.316 e. The number of carboxylic acids is 1. The van der Waals surface area contributed by atoms with Crippen LogP contribution in [0.2, 0.25) is 0 Å². The Morgan fingerprint density at radius 2 is 1.24 bits per heavy atom. The number of carbonyl (C=O) groups is 3. The van der Waals surface area contributed by atoms with Crippen LogP contribution < -0.4 is 10.6 Å². The second kappa shape index (κ2) is 19.7. The lowest BCUT2D eigenvalue weighted by Crippen LogP contribution is -2.73. The van der Waals surface area contributed by atoms with E-state index in [0.717, 1.165) is 38.3 Å². The third kappa shape index (κ3) is 8.56. The molecule has 8 aromatic rings. The fourth-order valence-corrected chi connectivity index (χ4v) is 11.8. The van der Waals surface area contributed by atoms with Crippen LogP contribution in [0.15, 0.2) is 199 Å². The van der Waals surface area contributed by atoms with Crippen LogP contribution in [0.4, 0.5) is 5.13 Å². The smallest absolute Gasteiger partial charge is 0.316 e. The van der Waals surface area contributed by atoms with Gasteiger partial charge in [-0.05, 0) is 41.2 Å². The molecule has 12 nitrogen and oxygen atoms in total. The number of carbonyl (C=O) groups excluding carboxylic acids is 2. The van der Waals surface area contributed by atoms with E-state index in [1.165, 1.54) is 39.5 Å². The first-order chi connectivity index (χ1) is 34.2. The summed E-state index contributed by atoms with van der Waals surface area (Å²) in [5.41, 5.74) is 2.15. The number of rotatable bonds is 16. The molecule has 15 heteroatoms. The van der Waals surface area contributed by atoms with Crippen LogP contribution in [0.25, 0.3) is 6.08 Å². The number of nitrogens with one attached hydrogen (secondary N) is 2. The SMILES string of the molecule is Cc1snnc1C=CC1(C(=O)O)CS[C@@H]2C(NC(=O)C(=NOC(c3ccccc3)(c3ccccc3)c3ccccc3)c3csc(NC(c4ccccc4)(c4ccccc4)c4ccccc4)n3)C(=O)N2C1. The van der Waals surface area contributed by atoms with E-state index in [1.54, 1.807) is 17.5 Å². The van der Waals surface area contributed by atoms with Gasteiger partial charge in [0.25, 0.3) is 5.91 Å². The third-order valence-corrected chi connectivity index (χ3v) is 15.7. The number of aryl methyl sites for hydroxylation is 1. The Morgan fingerprint density at radius 3 is 1.70 bits per heavy atom. The highest BCUT2D eigenvalue weighted by atomic mass is 32.2. The van der Waals surface area contributed by atoms with E-state index in [1.807, 2.05) is 153 Å². The zero-order chi connectivity index (χ0) is 48.1. The third-order valence-electron chi connectivity index (χ3n) is 12.8. The lowest BCUT2D eigenvalue weighted by molar-refractivity contribution is -0.156. The van der Waals surface area contributed by atoms with Gasteiger partial charge in [-0.3, -0.25) is 14.4 Å². The standard InChI is InChI=1S/C55H45N7O5S3/c1-37-44(59-61-70-37)32-33-53(51(65)66)35-62-49(64)47(50(62)69-36-53)57-48(63)46(60-67-55(41-26-14-5-15-27-41,42-28-16-6-17-29-42)43-30-18-7-19-31-43)45-34-68-52(56-45)58-54(38-20-8-2-9-21-38,39-22-10-3-11-23-39)40-24-12-4-13-25-40/h2-34,47,50H,35-36H2,1H3,(H,56,58)(H,57,63)(H,65,66)/t47?,50-,53?/m1/s1. The number of thioether (sulfide) groups is 1. The summed E-state index contributed by atoms with van der Waals surface area (Å²) in [7, 11) is 0. The van der Waals surface area contributed by atoms with Crippen LogP contribution in [-0.2, 0) is 30.4 Å². The van der Waals surface area contributed by atoms with Gasteiger partial charge in [-0.1, -0.05) is 198 Å². The maximum atomic E-state index is 15.1. The summed E-state index contributed by atoms with van der Waals surface area (Å²) in [6.45, 7) is 1.78. The largest absolute Gasteiger partial charge is 0.481 e. The molecule has 2 aliphatic rings. The van der Waals surface area contributed by atoms with Crippen molar-refractivity contribution < 1.29 is 24.3 Å². The number of amides is 2. The summed E-state index contributed by atoms with van der Waals surface area (Å²) in [4.78, 5) is 56.4. The van der Waals surface area contributed by atoms with Gasteiger partial charge < -0.3 is 25.5 Å². The van der Waals surface area contributed by atoms with E-state index in [2.05, 4.69) is 56.6 Å². The van der Waals surface area contributed by atoms with Gasteiger partial charge in [-0.15, -0.1) is 28.2 Å². The topological polar surface area (TPSA) is 159 Å². The molecule has 0 radical (unpaired) electrons. The Morgan fingerprint density at radius 1 is 0.757 bits per heavy atom. The van der Waals surface area contributed by atoms with Crippen LogP contribution >= 0.6 is 34.6 Å². The van der Waals surface area contributed by atoms with E-state index >= 15 is 4.79 Å². The van der Waals surface area contributed by atoms with Gasteiger partial charge in [-0.25, -0.2) is 4.98 Å². The van der Waals surface area contributed by atoms with Gasteiger partial charge in [0.2, 0.25) is 11.5 Å². The molecule has 0 aliphatic carbocycles. The molecule has 2 fully saturated rings. The minimum atomic E-state index is -1.38. The lowest BCUT2D eigenvalue weighted by Gasteiger charge is -2.53. The summed E-state index contributed by atoms with van der Waals surface area (Å²) in [6.07, 6.45) is 3.25. The molecule has 3 N–H and O–H groups in total. The van der Waals surface area contributed by atoms with E-state index in [9.17, 15) is 14.7 Å². The fraction of sp³-hybridized carbons (Fsp3) is 0.145. The van der Waals surface area contributed by atoms with Gasteiger partial charge in [0.1, 0.15) is 33.8 Å². The zero-order valence-corrected chi connectivity index (χ0v) is 40.1. The van der Waals surface area contributed by atoms with Gasteiger partial charge in [-0.2, -0.15) is 0 Å². The Hall–Kier alpha value is -7.72. The van der Waals surface area contributed by atoms with Gasteiger partial charge in [0.15, 0.2) is 10.8 Å². The summed E-state index contributed by atoms with van der Waals surface area (Å²) in [5, 5.41) is 27.9. The normalized spacial score (nSPS) is 18.2. The number of anilines is 1. The first-order valence-electron chi connectivity index (χ1n) is 22.5. The number of fused-ring (bicyclic) bond motifs is 1. The molecule has 348 valence electrons. The summed E-state index contributed by atoms with van der Waals surface area (Å²) in [5.74, 6) is -2.02. The molecule has 0 saturated carbocycles. The van der Waals surface area contributed by atoms with Crippen molar-refractivity contribution in [1.29, 1.82) is 0 Å². The molecule has 6 aromatic carbocycles. The molecular formula is C55H45N7O5S3. The molecule has 70 heavy (non-hydrogen) atoms. The highest BCUT2D eigenvalue weighted by Crippen LogP contribution is 2.45. The molecule has 2 unspecified atom stereocenters. The van der Waals surface area contributed by atoms with Crippen LogP contribution in [-0.4, -0.2) is 71.8 Å². The summed E-state index contributed by atoms with van der Waals surface area (Å²) < 4.78 is 3.96. The Balaban J connectivity index is 1.05. The number of oxime groups is 1. The van der Waals surface area contributed by atoms with Crippen molar-refractivity contribution in [2.45, 2.75) is 29.5 Å². The Labute approximate surface area is 417 Å². The number of aromatic nitrogens is 3. The lowest BCUT2D eigenvalue weighted by atomic mass is 9.77. The van der Waals surface area contributed by atoms with Crippen LogP contribution in [0.3, 0.4) is 0 Å². The maximum absolute atomic E-state index is 15.1. The molecule has 0 spiro atoms. The minimum Gasteiger partial charge on any atom is -0.481 e. The minimum absolute atomic E-state index is 0.0801. The number of benzene rings is 6. The van der Waals surface area contributed by atoms with Gasteiger partial charge >= 0.3 is 5.97 Å². The molecule has 2 aliphatic heterocycles. The van der Waals surface area contributed by atoms with Crippen molar-refractivity contribution in [1.82, 2.24) is 24.8 Å². The van der Waals surface area contributed by atoms with E-state index in [-0.39, 0.29) is 23.7 Å². The van der Waals surface area contributed by atoms with Crippen LogP contribution in [0.1, 0.15) is 49.6 Å². The monoisotopic (exact) mass is 979 g/mol. The van der Waals surface area contributed by atoms with E-state index in [0.29, 0.717) is 10.8 Å². The molecule has 0 bridgehead atoms. The second-order valence-corrected chi connectivity index (χ2v) is 19.9. The molecule has 2 aromatic heterocycles. The summed E-state index contributed by atoms with van der Waals surface area (Å²) in [6, 6.07) is 58.5. The highest BCUT2D eigenvalue weighted by Gasteiger charge is 2.57. The van der Waals surface area contributed by atoms with Crippen LogP contribution in [0, 0.1) is 12.3 Å². The van der Waals surface area contributed by atoms with Crippen molar-refractivity contribution in [2.24, 2.45) is 10.6 Å². The Kier molecular flexibility index (Phi) is 13.0. The van der Waals surface area contributed by atoms with E-state index in [4.69, 9.17) is 15.0 Å². The van der Waals surface area contributed by atoms with Crippen molar-refractivity contribution in [3.05, 3.63) is 243 Å². The van der Waals surface area contributed by atoms with Crippen molar-refractivity contribution in [3.63, 3.8) is 0 Å². The fourth-order valence-electron chi connectivity index (χ4n) is 9.11. The quantitative estimate of drug-likeness (QED) is 0.0369. The number of nitrogens with zero attached hydrogens (tertiary/aromatic N) is 5. The number of aliphatic carboxylic acids is 1. The predicted molar refractivity (Wildman–Crippen MR) is 275 cm³/mol. The number of carboxylic acid groups (broad SMARTS) is 1. The summed E-state index contributed by atoms with van der Waals surface area (Å²) >= 11 is 3.82. The van der Waals surface area contributed by atoms with Crippen LogP contribution in [0.5, 0.6) is 0 Å². The average molecular weight is 980 g/mol. The van der Waals surface area contributed by atoms with Gasteiger partial charge in [0.05, 0.1) is 0 Å². The molecule has 10 rings (SSSR count). The van der Waals surface area contributed by atoms with E-state index < -0.39 is 45.8 Å². The predicted octanol–water partition coefficient (Wildman–Crippen LogP) is 9.60. The number of hydrogen-bond acceptors (Lipinski definition) is 12. The highest BCUT2D eigenvalue weighted by molar-refractivity contribution is 8.00. The van der Waals surface area contributed by atoms with Crippen molar-refractivity contribution in [2.75, 3.05) is 17.6 Å². The molecular weight excluding hydrogens is 935 g/mol. The van der Waals surface area contributed by atoms with Crippen molar-refractivity contribution in [3.8, 4) is 0 Å². The number of hydrogen-bond donors (Lipinski definition) is 3. The number of β-lactam (4-membered cyclic amide) rings is 1. The zero-order valence-electron chi connectivity index (χ0n) is 37.7. The Bertz CT molecular complexity index is 2980. The molecule has 2 amide bonds. The first kappa shape index (κ1) is 46.0. The number of thiazole rings is 1. The second-order valence-electron chi connectivity index (χ2n) is 16.9. The molecule has 2 saturated heterocycles. The van der Waals surface area contributed by atoms with Crippen molar-refractivity contribution >= 4 is 69.3 Å². The van der Waals surface area contributed by atoms with Gasteiger partial charge in [0, 0.05) is 39.2 Å². The first-order valence-corrected chi connectivity index (χ1v) is 25.2. The average Bonchev–Trinajstić information content (AvgIpc) is 4.07.